The number of aromatic nitrogens is 4. The first-order valence-corrected chi connectivity index (χ1v) is 8.75. The van der Waals surface area contributed by atoms with E-state index in [0.717, 1.165) is 55.6 Å². The molecule has 0 N–H and O–H groups in total. The van der Waals surface area contributed by atoms with Crippen LogP contribution in [0.4, 0.5) is 5.95 Å². The Kier molecular flexibility index (Phi) is 3.52. The molecule has 4 heterocycles. The van der Waals surface area contributed by atoms with E-state index >= 15 is 0 Å². The van der Waals surface area contributed by atoms with Crippen molar-refractivity contribution in [1.82, 2.24) is 20.1 Å². The van der Waals surface area contributed by atoms with Crippen LogP contribution in [0, 0.1) is 13.8 Å². The van der Waals surface area contributed by atoms with Gasteiger partial charge in [0.15, 0.2) is 5.82 Å². The van der Waals surface area contributed by atoms with Crippen molar-refractivity contribution < 1.29 is 4.52 Å². The summed E-state index contributed by atoms with van der Waals surface area (Å²) in [4.78, 5) is 17.4. The molecule has 22 heavy (non-hydrogen) atoms. The summed E-state index contributed by atoms with van der Waals surface area (Å²) in [6.07, 6.45) is 3.08. The average Bonchev–Trinajstić information content (AvgIpc) is 3.16. The van der Waals surface area contributed by atoms with Gasteiger partial charge in [0.2, 0.25) is 11.8 Å². The Labute approximate surface area is 133 Å². The Hall–Kier alpha value is -1.63. The maximum atomic E-state index is 5.31. The second-order valence-corrected chi connectivity index (χ2v) is 7.03. The largest absolute Gasteiger partial charge is 0.341 e. The van der Waals surface area contributed by atoms with E-state index in [0.29, 0.717) is 11.7 Å². The summed E-state index contributed by atoms with van der Waals surface area (Å²) in [7, 11) is 0. The molecule has 7 heteroatoms. The van der Waals surface area contributed by atoms with Crippen LogP contribution in [0.5, 0.6) is 0 Å². The highest BCUT2D eigenvalue weighted by atomic mass is 32.2. The van der Waals surface area contributed by atoms with Crippen molar-refractivity contribution >= 4 is 17.7 Å². The fourth-order valence-electron chi connectivity index (χ4n) is 3.16. The monoisotopic (exact) mass is 317 g/mol. The predicted molar refractivity (Wildman–Crippen MR) is 84.4 cm³/mol. The Balaban J connectivity index is 1.49. The van der Waals surface area contributed by atoms with Gasteiger partial charge in [0.05, 0.1) is 16.3 Å². The van der Waals surface area contributed by atoms with Crippen molar-refractivity contribution in [2.45, 2.75) is 43.9 Å². The third-order valence-corrected chi connectivity index (χ3v) is 5.58. The minimum absolute atomic E-state index is 0.364. The summed E-state index contributed by atoms with van der Waals surface area (Å²) in [5, 5.41) is 3.89. The average molecular weight is 317 g/mol. The number of rotatable bonds is 2. The molecule has 2 aromatic rings. The quantitative estimate of drug-likeness (QED) is 0.843. The lowest BCUT2D eigenvalue weighted by Gasteiger charge is -2.30. The number of anilines is 1. The number of fused-ring (bicyclic) bond motifs is 1. The van der Waals surface area contributed by atoms with Gasteiger partial charge in [-0.25, -0.2) is 9.97 Å². The molecule has 0 aliphatic carbocycles. The van der Waals surface area contributed by atoms with Crippen LogP contribution >= 0.6 is 11.8 Å². The highest BCUT2D eigenvalue weighted by Gasteiger charge is 2.27. The summed E-state index contributed by atoms with van der Waals surface area (Å²) in [5.74, 6) is 3.88. The zero-order valence-electron chi connectivity index (χ0n) is 12.9. The fraction of sp³-hybridized carbons (Fsp3) is 0.600. The Morgan fingerprint density at radius 1 is 1.14 bits per heavy atom. The van der Waals surface area contributed by atoms with Crippen LogP contribution in [0.2, 0.25) is 0 Å². The van der Waals surface area contributed by atoms with Crippen LogP contribution in [-0.4, -0.2) is 39.0 Å². The molecule has 1 fully saturated rings. The van der Waals surface area contributed by atoms with Gasteiger partial charge in [-0.3, -0.25) is 0 Å². The van der Waals surface area contributed by atoms with Crippen LogP contribution in [0.25, 0.3) is 0 Å². The van der Waals surface area contributed by atoms with Crippen molar-refractivity contribution in [2.24, 2.45) is 0 Å². The molecule has 1 saturated heterocycles. The molecule has 2 aliphatic heterocycles. The topological polar surface area (TPSA) is 67.9 Å². The fourth-order valence-corrected chi connectivity index (χ4v) is 4.23. The van der Waals surface area contributed by atoms with Gasteiger partial charge in [0.25, 0.3) is 0 Å². The lowest BCUT2D eigenvalue weighted by atomic mass is 9.97. The predicted octanol–water partition coefficient (Wildman–Crippen LogP) is 2.51. The zero-order chi connectivity index (χ0) is 15.1. The van der Waals surface area contributed by atoms with E-state index in [4.69, 9.17) is 14.5 Å². The number of piperidine rings is 1. The van der Waals surface area contributed by atoms with Gasteiger partial charge < -0.3 is 9.42 Å². The molecule has 0 unspecified atom stereocenters. The van der Waals surface area contributed by atoms with E-state index in [-0.39, 0.29) is 0 Å². The number of hydrogen-bond acceptors (Lipinski definition) is 7. The number of hydrogen-bond donors (Lipinski definition) is 0. The lowest BCUT2D eigenvalue weighted by Crippen LogP contribution is -2.34. The highest BCUT2D eigenvalue weighted by molar-refractivity contribution is 7.99. The molecule has 2 aliphatic rings. The second-order valence-electron chi connectivity index (χ2n) is 5.92. The lowest BCUT2D eigenvalue weighted by molar-refractivity contribution is 0.327. The van der Waals surface area contributed by atoms with Gasteiger partial charge in [-0.05, 0) is 26.7 Å². The normalized spacial score (nSPS) is 18.7. The SMILES string of the molecule is Cc1noc(C2CCN(c3nc(C)c4c(n3)CCS4)CC2)n1. The molecule has 0 saturated carbocycles. The first-order valence-electron chi connectivity index (χ1n) is 7.76. The van der Waals surface area contributed by atoms with Gasteiger partial charge in [-0.1, -0.05) is 5.16 Å². The smallest absolute Gasteiger partial charge is 0.229 e. The Morgan fingerprint density at radius 3 is 2.68 bits per heavy atom. The molecule has 0 amide bonds. The highest BCUT2D eigenvalue weighted by Crippen LogP contribution is 2.34. The molecule has 0 radical (unpaired) electrons. The number of nitrogens with zero attached hydrogens (tertiary/aromatic N) is 5. The molecule has 0 atom stereocenters. The van der Waals surface area contributed by atoms with Crippen molar-refractivity contribution in [3.63, 3.8) is 0 Å². The van der Waals surface area contributed by atoms with Crippen molar-refractivity contribution in [3.8, 4) is 0 Å². The van der Waals surface area contributed by atoms with Gasteiger partial charge >= 0.3 is 0 Å². The summed E-state index contributed by atoms with van der Waals surface area (Å²) >= 11 is 1.88. The molecule has 0 bridgehead atoms. The van der Waals surface area contributed by atoms with E-state index < -0.39 is 0 Å². The minimum Gasteiger partial charge on any atom is -0.341 e. The zero-order valence-corrected chi connectivity index (χ0v) is 13.7. The van der Waals surface area contributed by atoms with E-state index in [9.17, 15) is 0 Å². The summed E-state index contributed by atoms with van der Waals surface area (Å²) in [5.41, 5.74) is 2.35. The van der Waals surface area contributed by atoms with Gasteiger partial charge in [0, 0.05) is 31.2 Å². The summed E-state index contributed by atoms with van der Waals surface area (Å²) < 4.78 is 5.31. The van der Waals surface area contributed by atoms with Gasteiger partial charge in [-0.15, -0.1) is 11.8 Å². The van der Waals surface area contributed by atoms with Crippen LogP contribution in [0.15, 0.2) is 9.42 Å². The van der Waals surface area contributed by atoms with Crippen molar-refractivity contribution in [2.75, 3.05) is 23.7 Å². The molecular formula is C15H19N5OS. The Morgan fingerprint density at radius 2 is 1.95 bits per heavy atom. The molecule has 0 aromatic carbocycles. The minimum atomic E-state index is 0.364. The molecule has 6 nitrogen and oxygen atoms in total. The first kappa shape index (κ1) is 14.0. The maximum absolute atomic E-state index is 5.31. The Bertz CT molecular complexity index is 693. The summed E-state index contributed by atoms with van der Waals surface area (Å²) in [6, 6.07) is 0. The standard InChI is InChI=1S/C15H19N5OS/c1-9-13-12(5-8-22-13)18-15(16-9)20-6-3-11(4-7-20)14-17-10(2)19-21-14/h11H,3-8H2,1-2H3. The molecule has 4 rings (SSSR count). The number of aryl methyl sites for hydroxylation is 3. The van der Waals surface area contributed by atoms with Crippen LogP contribution in [0.3, 0.4) is 0 Å². The van der Waals surface area contributed by atoms with E-state index in [1.54, 1.807) is 0 Å². The van der Waals surface area contributed by atoms with Crippen LogP contribution in [0.1, 0.15) is 41.9 Å². The molecular weight excluding hydrogens is 298 g/mol. The van der Waals surface area contributed by atoms with Crippen molar-refractivity contribution in [3.05, 3.63) is 23.1 Å². The number of thioether (sulfide) groups is 1. The summed E-state index contributed by atoms with van der Waals surface area (Å²) in [6.45, 7) is 5.84. The van der Waals surface area contributed by atoms with E-state index in [2.05, 4.69) is 22.0 Å². The van der Waals surface area contributed by atoms with Crippen LogP contribution in [-0.2, 0) is 6.42 Å². The van der Waals surface area contributed by atoms with Gasteiger partial charge in [-0.2, -0.15) is 4.98 Å². The first-order chi connectivity index (χ1) is 10.7. The molecule has 0 spiro atoms. The van der Waals surface area contributed by atoms with Crippen molar-refractivity contribution in [1.29, 1.82) is 0 Å². The van der Waals surface area contributed by atoms with E-state index in [1.165, 1.54) is 10.6 Å². The molecule has 2 aromatic heterocycles. The third-order valence-electron chi connectivity index (χ3n) is 4.35. The van der Waals surface area contributed by atoms with E-state index in [1.807, 2.05) is 18.7 Å². The van der Waals surface area contributed by atoms with Crippen LogP contribution < -0.4 is 4.90 Å². The third kappa shape index (κ3) is 2.47. The van der Waals surface area contributed by atoms with Gasteiger partial charge in [0.1, 0.15) is 0 Å². The molecule has 116 valence electrons. The second kappa shape index (κ2) is 5.53. The maximum Gasteiger partial charge on any atom is 0.229 e.